The van der Waals surface area contributed by atoms with Crippen LogP contribution in [0.3, 0.4) is 0 Å². The summed E-state index contributed by atoms with van der Waals surface area (Å²) in [7, 11) is 0. The van der Waals surface area contributed by atoms with E-state index in [4.69, 9.17) is 4.74 Å². The van der Waals surface area contributed by atoms with E-state index in [2.05, 4.69) is 25.2 Å². The Kier molecular flexibility index (Phi) is 9.81. The topological polar surface area (TPSA) is 38.3 Å². The van der Waals surface area contributed by atoms with Crippen LogP contribution in [-0.2, 0) is 9.53 Å². The first-order chi connectivity index (χ1) is 9.02. The van der Waals surface area contributed by atoms with Crippen molar-refractivity contribution in [2.75, 3.05) is 13.2 Å². The van der Waals surface area contributed by atoms with Crippen molar-refractivity contribution in [1.29, 1.82) is 0 Å². The fourth-order valence-electron chi connectivity index (χ4n) is 1.53. The third-order valence-electron chi connectivity index (χ3n) is 2.66. The molecule has 1 atom stereocenters. The standard InChI is InChI=1S/C16H27NO2/c1-6-8-9-10-11-17-15(13(3)4)12-14(5)16(18)19-7-2/h6,8-10,12-13,15,17H,7,11H2,1-5H3/b8-6+,10-9+,14-12+/t15-/m1/s1. The van der Waals surface area contributed by atoms with Gasteiger partial charge in [-0.25, -0.2) is 4.79 Å². The van der Waals surface area contributed by atoms with Crippen LogP contribution in [0.25, 0.3) is 0 Å². The van der Waals surface area contributed by atoms with Crippen LogP contribution in [-0.4, -0.2) is 25.2 Å². The van der Waals surface area contributed by atoms with E-state index in [0.29, 0.717) is 18.1 Å². The first kappa shape index (κ1) is 17.6. The molecule has 0 aromatic heterocycles. The van der Waals surface area contributed by atoms with Crippen LogP contribution in [0, 0.1) is 5.92 Å². The van der Waals surface area contributed by atoms with E-state index in [9.17, 15) is 4.79 Å². The molecule has 0 aliphatic rings. The quantitative estimate of drug-likeness (QED) is 0.416. The molecule has 0 spiro atoms. The second kappa shape index (κ2) is 10.6. The average molecular weight is 265 g/mol. The van der Waals surface area contributed by atoms with Gasteiger partial charge in [-0.15, -0.1) is 0 Å². The third kappa shape index (κ3) is 8.38. The van der Waals surface area contributed by atoms with E-state index in [-0.39, 0.29) is 12.0 Å². The van der Waals surface area contributed by atoms with Gasteiger partial charge in [0.05, 0.1) is 6.61 Å². The lowest BCUT2D eigenvalue weighted by Gasteiger charge is -2.19. The van der Waals surface area contributed by atoms with Gasteiger partial charge in [-0.2, -0.15) is 0 Å². The molecule has 0 aliphatic carbocycles. The second-order valence-corrected chi connectivity index (χ2v) is 4.70. The van der Waals surface area contributed by atoms with Crippen LogP contribution < -0.4 is 5.32 Å². The molecule has 0 fully saturated rings. The molecule has 0 unspecified atom stereocenters. The van der Waals surface area contributed by atoms with Gasteiger partial charge in [0.2, 0.25) is 0 Å². The Bertz CT molecular complexity index is 341. The van der Waals surface area contributed by atoms with Crippen LogP contribution in [0.1, 0.15) is 34.6 Å². The molecule has 0 aliphatic heterocycles. The molecule has 0 aromatic rings. The van der Waals surface area contributed by atoms with Gasteiger partial charge >= 0.3 is 5.97 Å². The predicted octanol–water partition coefficient (Wildman–Crippen LogP) is 3.24. The Labute approximate surface area is 117 Å². The van der Waals surface area contributed by atoms with Crippen LogP contribution in [0.2, 0.25) is 0 Å². The van der Waals surface area contributed by atoms with Gasteiger partial charge in [0.15, 0.2) is 0 Å². The van der Waals surface area contributed by atoms with Gasteiger partial charge < -0.3 is 10.1 Å². The van der Waals surface area contributed by atoms with Gasteiger partial charge in [0.1, 0.15) is 0 Å². The molecule has 3 nitrogen and oxygen atoms in total. The molecule has 0 bridgehead atoms. The first-order valence-corrected chi connectivity index (χ1v) is 6.89. The molecular weight excluding hydrogens is 238 g/mol. The molecule has 0 radical (unpaired) electrons. The van der Waals surface area contributed by atoms with Crippen molar-refractivity contribution in [2.45, 2.75) is 40.7 Å². The number of rotatable bonds is 8. The molecule has 0 saturated carbocycles. The monoisotopic (exact) mass is 265 g/mol. The highest BCUT2D eigenvalue weighted by atomic mass is 16.5. The number of carbonyl (C=O) groups is 1. The number of esters is 1. The third-order valence-corrected chi connectivity index (χ3v) is 2.66. The maximum Gasteiger partial charge on any atom is 0.333 e. The van der Waals surface area contributed by atoms with E-state index in [1.807, 2.05) is 38.2 Å². The maximum absolute atomic E-state index is 11.6. The zero-order valence-corrected chi connectivity index (χ0v) is 12.8. The van der Waals surface area contributed by atoms with Crippen molar-refractivity contribution >= 4 is 5.97 Å². The fraction of sp³-hybridized carbons (Fsp3) is 0.562. The molecule has 108 valence electrons. The molecule has 0 saturated heterocycles. The second-order valence-electron chi connectivity index (χ2n) is 4.70. The van der Waals surface area contributed by atoms with E-state index in [0.717, 1.165) is 6.54 Å². The number of ether oxygens (including phenoxy) is 1. The Balaban J connectivity index is 4.48. The summed E-state index contributed by atoms with van der Waals surface area (Å²) in [6.07, 6.45) is 9.99. The summed E-state index contributed by atoms with van der Waals surface area (Å²) in [5.41, 5.74) is 0.658. The number of nitrogens with one attached hydrogen (secondary N) is 1. The van der Waals surface area contributed by atoms with Crippen LogP contribution in [0.4, 0.5) is 0 Å². The molecule has 0 aromatic carbocycles. The Morgan fingerprint density at radius 1 is 1.32 bits per heavy atom. The van der Waals surface area contributed by atoms with Gasteiger partial charge in [-0.3, -0.25) is 0 Å². The summed E-state index contributed by atoms with van der Waals surface area (Å²) in [4.78, 5) is 11.6. The zero-order valence-electron chi connectivity index (χ0n) is 12.8. The summed E-state index contributed by atoms with van der Waals surface area (Å²) in [6, 6.07) is 0.166. The van der Waals surface area contributed by atoms with Crippen LogP contribution >= 0.6 is 0 Å². The highest BCUT2D eigenvalue weighted by Gasteiger charge is 2.12. The number of allylic oxidation sites excluding steroid dienone is 3. The van der Waals surface area contributed by atoms with E-state index < -0.39 is 0 Å². The van der Waals surface area contributed by atoms with Crippen molar-refractivity contribution in [1.82, 2.24) is 5.32 Å². The average Bonchev–Trinajstić information content (AvgIpc) is 2.36. The van der Waals surface area contributed by atoms with Gasteiger partial charge in [0.25, 0.3) is 0 Å². The predicted molar refractivity (Wildman–Crippen MR) is 81.0 cm³/mol. The minimum Gasteiger partial charge on any atom is -0.463 e. The number of hydrogen-bond acceptors (Lipinski definition) is 3. The fourth-order valence-corrected chi connectivity index (χ4v) is 1.53. The van der Waals surface area contributed by atoms with E-state index in [1.165, 1.54) is 0 Å². The molecule has 0 amide bonds. The summed E-state index contributed by atoms with van der Waals surface area (Å²) in [6.45, 7) is 11.0. The van der Waals surface area contributed by atoms with Gasteiger partial charge in [0, 0.05) is 18.2 Å². The zero-order chi connectivity index (χ0) is 14.7. The van der Waals surface area contributed by atoms with Crippen molar-refractivity contribution in [2.24, 2.45) is 5.92 Å². The van der Waals surface area contributed by atoms with Crippen LogP contribution in [0.5, 0.6) is 0 Å². The summed E-state index contributed by atoms with van der Waals surface area (Å²) in [5, 5.41) is 3.40. The van der Waals surface area contributed by atoms with Gasteiger partial charge in [-0.1, -0.05) is 44.2 Å². The lowest BCUT2D eigenvalue weighted by Crippen LogP contribution is -2.32. The minimum absolute atomic E-state index is 0.166. The van der Waals surface area contributed by atoms with Crippen molar-refractivity contribution in [3.8, 4) is 0 Å². The Hall–Kier alpha value is -1.35. The SMILES string of the molecule is C/C=C/C=C/CN[C@H](/C=C(\C)C(=O)OCC)C(C)C. The van der Waals surface area contributed by atoms with Gasteiger partial charge in [-0.05, 0) is 26.7 Å². The van der Waals surface area contributed by atoms with Crippen molar-refractivity contribution in [3.63, 3.8) is 0 Å². The highest BCUT2D eigenvalue weighted by molar-refractivity contribution is 5.87. The number of hydrogen-bond donors (Lipinski definition) is 1. The Morgan fingerprint density at radius 2 is 2.00 bits per heavy atom. The smallest absolute Gasteiger partial charge is 0.333 e. The lowest BCUT2D eigenvalue weighted by atomic mass is 10.0. The van der Waals surface area contributed by atoms with Crippen molar-refractivity contribution < 1.29 is 9.53 Å². The van der Waals surface area contributed by atoms with E-state index >= 15 is 0 Å². The maximum atomic E-state index is 11.6. The van der Waals surface area contributed by atoms with Crippen LogP contribution in [0.15, 0.2) is 36.0 Å². The normalized spacial score (nSPS) is 14.5. The summed E-state index contributed by atoms with van der Waals surface area (Å²) in [5.74, 6) is 0.180. The summed E-state index contributed by atoms with van der Waals surface area (Å²) >= 11 is 0. The molecule has 19 heavy (non-hydrogen) atoms. The van der Waals surface area contributed by atoms with E-state index in [1.54, 1.807) is 6.92 Å². The first-order valence-electron chi connectivity index (χ1n) is 6.89. The minimum atomic E-state index is -0.237. The Morgan fingerprint density at radius 3 is 2.53 bits per heavy atom. The molecule has 3 heteroatoms. The molecular formula is C16H27NO2. The molecule has 1 N–H and O–H groups in total. The molecule has 0 heterocycles. The lowest BCUT2D eigenvalue weighted by molar-refractivity contribution is -0.138. The summed E-state index contributed by atoms with van der Waals surface area (Å²) < 4.78 is 4.98. The largest absolute Gasteiger partial charge is 0.463 e. The number of carbonyl (C=O) groups excluding carboxylic acids is 1. The highest BCUT2D eigenvalue weighted by Crippen LogP contribution is 2.07. The molecule has 0 rings (SSSR count). The van der Waals surface area contributed by atoms with Crippen molar-refractivity contribution in [3.05, 3.63) is 36.0 Å².